The largest absolute Gasteiger partial charge is 0.366 e. The van der Waals surface area contributed by atoms with Gasteiger partial charge in [-0.3, -0.25) is 4.57 Å². The summed E-state index contributed by atoms with van der Waals surface area (Å²) in [6, 6.07) is 0. The van der Waals surface area contributed by atoms with Crippen molar-refractivity contribution in [1.29, 1.82) is 0 Å². The molecule has 7 heteroatoms. The lowest BCUT2D eigenvalue weighted by atomic mass is 10.6. The minimum absolute atomic E-state index is 0.0910. The first-order valence-electron chi connectivity index (χ1n) is 3.40. The van der Waals surface area contributed by atoms with E-state index in [9.17, 15) is 4.57 Å². The number of nitrogens with zero attached hydrogens (tertiary/aromatic N) is 2. The molecule has 72 valence electrons. The maximum atomic E-state index is 10.8. The topological polar surface area (TPSA) is 32.7 Å². The van der Waals surface area contributed by atoms with Gasteiger partial charge in [0.15, 0.2) is 0 Å². The average Bonchev–Trinajstić information content (AvgIpc) is 1.85. The second-order valence-corrected chi connectivity index (χ2v) is 6.65. The zero-order valence-electron chi connectivity index (χ0n) is 6.80. The van der Waals surface area contributed by atoms with E-state index in [1.165, 1.54) is 0 Å². The molecule has 0 aromatic rings. The van der Waals surface area contributed by atoms with E-state index in [2.05, 4.69) is 4.76 Å². The first-order valence-corrected chi connectivity index (χ1v) is 7.25. The van der Waals surface area contributed by atoms with E-state index in [-0.39, 0.29) is 5.29 Å². The van der Waals surface area contributed by atoms with Crippen LogP contribution in [0.15, 0.2) is 4.76 Å². The molecule has 0 aliphatic carbocycles. The predicted octanol–water partition coefficient (Wildman–Crippen LogP) is 3.51. The van der Waals surface area contributed by atoms with E-state index in [0.29, 0.717) is 13.1 Å². The van der Waals surface area contributed by atoms with Crippen LogP contribution in [0.3, 0.4) is 0 Å². The molecule has 0 amide bonds. The predicted molar refractivity (Wildman–Crippen MR) is 55.5 cm³/mol. The van der Waals surface area contributed by atoms with Gasteiger partial charge in [-0.2, -0.15) is 4.76 Å². The molecular formula is C5H10Cl3N2OP. The van der Waals surface area contributed by atoms with Crippen LogP contribution >= 0.6 is 40.1 Å². The zero-order chi connectivity index (χ0) is 9.78. The van der Waals surface area contributed by atoms with Crippen LogP contribution in [0.1, 0.15) is 13.8 Å². The van der Waals surface area contributed by atoms with Gasteiger partial charge in [0.05, 0.1) is 0 Å². The Morgan fingerprint density at radius 2 is 1.83 bits per heavy atom. The van der Waals surface area contributed by atoms with Gasteiger partial charge in [0, 0.05) is 13.1 Å². The van der Waals surface area contributed by atoms with Gasteiger partial charge < -0.3 is 4.90 Å². The summed E-state index contributed by atoms with van der Waals surface area (Å²) in [5.41, 5.74) is 0. The van der Waals surface area contributed by atoms with Gasteiger partial charge in [-0.05, 0) is 47.9 Å². The third-order valence-electron chi connectivity index (χ3n) is 1.22. The van der Waals surface area contributed by atoms with E-state index in [1.807, 2.05) is 13.8 Å². The van der Waals surface area contributed by atoms with Gasteiger partial charge in [0.1, 0.15) is 0 Å². The Balaban J connectivity index is 4.45. The van der Waals surface area contributed by atoms with Crippen LogP contribution < -0.4 is 0 Å². The van der Waals surface area contributed by atoms with Gasteiger partial charge in [0.2, 0.25) is 5.29 Å². The molecule has 0 heterocycles. The Morgan fingerprint density at radius 1 is 1.42 bits per heavy atom. The Hall–Kier alpha value is 0.570. The summed E-state index contributed by atoms with van der Waals surface area (Å²) in [7, 11) is 0. The quantitative estimate of drug-likeness (QED) is 0.333. The molecule has 0 aromatic carbocycles. The van der Waals surface area contributed by atoms with Gasteiger partial charge in [0.25, 0.3) is 0 Å². The van der Waals surface area contributed by atoms with Crippen LogP contribution in [0.25, 0.3) is 0 Å². The molecule has 0 N–H and O–H groups in total. The molecule has 0 spiro atoms. The van der Waals surface area contributed by atoms with Crippen molar-refractivity contribution in [1.82, 2.24) is 4.90 Å². The lowest BCUT2D eigenvalue weighted by Crippen LogP contribution is -2.26. The van der Waals surface area contributed by atoms with E-state index in [4.69, 9.17) is 34.1 Å². The molecule has 0 saturated heterocycles. The summed E-state index contributed by atoms with van der Waals surface area (Å²) < 4.78 is 14.2. The fourth-order valence-electron chi connectivity index (χ4n) is 0.644. The molecule has 0 bridgehead atoms. The van der Waals surface area contributed by atoms with Crippen molar-refractivity contribution < 1.29 is 4.57 Å². The number of halogens is 3. The standard InChI is InChI=1S/C5H10Cl3N2OP/c1-3-10(4-2)5(6)9-12(7,8)11/h3-4H2,1-2H3/b9-5+. The van der Waals surface area contributed by atoms with Gasteiger partial charge in [-0.1, -0.05) is 0 Å². The summed E-state index contributed by atoms with van der Waals surface area (Å²) >= 11 is 16.1. The Labute approximate surface area is 86.7 Å². The van der Waals surface area contributed by atoms with Crippen molar-refractivity contribution in [3.05, 3.63) is 0 Å². The van der Waals surface area contributed by atoms with Crippen LogP contribution in [0.4, 0.5) is 0 Å². The summed E-state index contributed by atoms with van der Waals surface area (Å²) in [6.07, 6.45) is 0. The number of amidine groups is 1. The van der Waals surface area contributed by atoms with Crippen LogP contribution in [-0.2, 0) is 4.57 Å². The van der Waals surface area contributed by atoms with Crippen molar-refractivity contribution in [2.24, 2.45) is 4.76 Å². The summed E-state index contributed by atoms with van der Waals surface area (Å²) in [5, 5.41) is 0.0910. The maximum absolute atomic E-state index is 10.8. The highest BCUT2D eigenvalue weighted by molar-refractivity contribution is 8.07. The minimum atomic E-state index is -3.44. The monoisotopic (exact) mass is 250 g/mol. The smallest absolute Gasteiger partial charge is 0.347 e. The first-order chi connectivity index (χ1) is 5.40. The molecule has 0 aliphatic rings. The summed E-state index contributed by atoms with van der Waals surface area (Å²) in [4.78, 5) is 1.69. The van der Waals surface area contributed by atoms with Gasteiger partial charge in [-0.15, -0.1) is 0 Å². The second-order valence-electron chi connectivity index (χ2n) is 1.98. The molecule has 0 aliphatic heterocycles. The molecular weight excluding hydrogens is 241 g/mol. The first kappa shape index (κ1) is 12.6. The highest BCUT2D eigenvalue weighted by Gasteiger charge is 2.14. The SMILES string of the molecule is CCN(CC)/C(Cl)=N/P(=O)(Cl)Cl. The molecule has 0 saturated carbocycles. The molecule has 0 rings (SSSR count). The normalized spacial score (nSPS) is 13.2. The molecule has 0 radical (unpaired) electrons. The second kappa shape index (κ2) is 5.33. The molecule has 3 nitrogen and oxygen atoms in total. The molecule has 0 fully saturated rings. The number of rotatable bonds is 3. The number of hydrogen-bond acceptors (Lipinski definition) is 1. The molecule has 0 aromatic heterocycles. The van der Waals surface area contributed by atoms with E-state index in [0.717, 1.165) is 0 Å². The van der Waals surface area contributed by atoms with E-state index < -0.39 is 6.00 Å². The van der Waals surface area contributed by atoms with Crippen molar-refractivity contribution in [2.75, 3.05) is 13.1 Å². The minimum Gasteiger partial charge on any atom is -0.347 e. The van der Waals surface area contributed by atoms with Crippen LogP contribution in [0.2, 0.25) is 0 Å². The Morgan fingerprint density at radius 3 is 2.08 bits per heavy atom. The maximum Gasteiger partial charge on any atom is 0.366 e. The fraction of sp³-hybridized carbons (Fsp3) is 0.800. The van der Waals surface area contributed by atoms with Crippen LogP contribution in [0.5, 0.6) is 0 Å². The van der Waals surface area contributed by atoms with Gasteiger partial charge >= 0.3 is 6.00 Å². The van der Waals surface area contributed by atoms with Crippen LogP contribution in [0, 0.1) is 0 Å². The molecule has 0 atom stereocenters. The molecule has 12 heavy (non-hydrogen) atoms. The average molecular weight is 251 g/mol. The summed E-state index contributed by atoms with van der Waals surface area (Å²) in [6.45, 7) is 5.14. The van der Waals surface area contributed by atoms with Crippen molar-refractivity contribution in [3.63, 3.8) is 0 Å². The highest BCUT2D eigenvalue weighted by atomic mass is 35.9. The Kier molecular flexibility index (Phi) is 5.59. The lowest BCUT2D eigenvalue weighted by Gasteiger charge is -2.17. The van der Waals surface area contributed by atoms with E-state index >= 15 is 0 Å². The molecule has 0 unspecified atom stereocenters. The zero-order valence-corrected chi connectivity index (χ0v) is 9.96. The van der Waals surface area contributed by atoms with Gasteiger partial charge in [-0.25, -0.2) is 0 Å². The third kappa shape index (κ3) is 5.26. The lowest BCUT2D eigenvalue weighted by molar-refractivity contribution is 0.474. The fourth-order valence-corrected chi connectivity index (χ4v) is 2.18. The van der Waals surface area contributed by atoms with Crippen LogP contribution in [-0.4, -0.2) is 23.3 Å². The van der Waals surface area contributed by atoms with Crippen molar-refractivity contribution in [3.8, 4) is 0 Å². The Bertz CT molecular complexity index is 211. The van der Waals surface area contributed by atoms with E-state index in [1.54, 1.807) is 4.90 Å². The van der Waals surface area contributed by atoms with Crippen molar-refractivity contribution in [2.45, 2.75) is 13.8 Å². The third-order valence-corrected chi connectivity index (χ3v) is 2.54. The summed E-state index contributed by atoms with van der Waals surface area (Å²) in [5.74, 6) is -3.44. The van der Waals surface area contributed by atoms with Crippen molar-refractivity contribution >= 4 is 45.4 Å². The highest BCUT2D eigenvalue weighted by Crippen LogP contribution is 2.58. The number of hydrogen-bond donors (Lipinski definition) is 0.